The Morgan fingerprint density at radius 3 is 2.50 bits per heavy atom. The molecule has 1 spiro atoms. The van der Waals surface area contributed by atoms with Gasteiger partial charge in [0.1, 0.15) is 0 Å². The van der Waals surface area contributed by atoms with Gasteiger partial charge in [-0.1, -0.05) is 19.3 Å². The second kappa shape index (κ2) is 8.83. The lowest BCUT2D eigenvalue weighted by Crippen LogP contribution is -2.36. The first-order valence-corrected chi connectivity index (χ1v) is 10.5. The van der Waals surface area contributed by atoms with E-state index in [-0.39, 0.29) is 35.6 Å². The molecule has 1 atom stereocenters. The molecule has 1 aliphatic heterocycles. The van der Waals surface area contributed by atoms with E-state index in [2.05, 4.69) is 16.0 Å². The number of hydrogen-bond donors (Lipinski definition) is 3. The average molecular weight is 406 g/mol. The zero-order valence-electron chi connectivity index (χ0n) is 16.7. The number of carbonyl (C=O) groups excluding carboxylic acids is 2. The quantitative estimate of drug-likeness (QED) is 0.713. The Bertz CT molecular complexity index is 724. The van der Waals surface area contributed by atoms with Crippen LogP contribution in [0.4, 0.5) is 5.69 Å². The summed E-state index contributed by atoms with van der Waals surface area (Å²) in [4.78, 5) is 25.2. The molecular formula is C22H32ClN3O2. The Labute approximate surface area is 173 Å². The van der Waals surface area contributed by atoms with Crippen molar-refractivity contribution in [1.29, 1.82) is 0 Å². The number of aryl methyl sites for hydroxylation is 1. The van der Waals surface area contributed by atoms with E-state index in [0.29, 0.717) is 11.6 Å². The number of carbonyl (C=O) groups is 2. The first kappa shape index (κ1) is 21.1. The van der Waals surface area contributed by atoms with Crippen molar-refractivity contribution in [1.82, 2.24) is 10.6 Å². The summed E-state index contributed by atoms with van der Waals surface area (Å²) in [6.07, 6.45) is 9.06. The molecule has 1 heterocycles. The molecule has 28 heavy (non-hydrogen) atoms. The molecule has 1 unspecified atom stereocenters. The molecule has 0 radical (unpaired) electrons. The van der Waals surface area contributed by atoms with E-state index >= 15 is 0 Å². The van der Waals surface area contributed by atoms with E-state index in [1.807, 2.05) is 25.1 Å². The molecule has 2 aliphatic carbocycles. The predicted molar refractivity (Wildman–Crippen MR) is 114 cm³/mol. The third-order valence-electron chi connectivity index (χ3n) is 6.79. The summed E-state index contributed by atoms with van der Waals surface area (Å²) in [5, 5.41) is 9.63. The molecule has 3 fully saturated rings. The predicted octanol–water partition coefficient (Wildman–Crippen LogP) is 3.81. The maximum Gasteiger partial charge on any atom is 0.251 e. The zero-order chi connectivity index (χ0) is 18.9. The minimum absolute atomic E-state index is 0. The van der Waals surface area contributed by atoms with Crippen molar-refractivity contribution in [3.05, 3.63) is 29.3 Å². The van der Waals surface area contributed by atoms with Crippen molar-refractivity contribution >= 4 is 29.9 Å². The Hall–Kier alpha value is -1.59. The first-order valence-electron chi connectivity index (χ1n) is 10.5. The highest BCUT2D eigenvalue weighted by Crippen LogP contribution is 2.58. The van der Waals surface area contributed by atoms with Crippen LogP contribution < -0.4 is 16.0 Å². The van der Waals surface area contributed by atoms with Crippen LogP contribution in [0.1, 0.15) is 67.3 Å². The normalized spacial score (nSPS) is 23.5. The molecule has 2 amide bonds. The Balaban J connectivity index is 0.00000225. The second-order valence-electron chi connectivity index (χ2n) is 8.70. The molecule has 1 aromatic rings. The van der Waals surface area contributed by atoms with Gasteiger partial charge in [-0.3, -0.25) is 9.59 Å². The van der Waals surface area contributed by atoms with Crippen LogP contribution in [0, 0.1) is 18.3 Å². The molecule has 4 rings (SSSR count). The van der Waals surface area contributed by atoms with E-state index < -0.39 is 0 Å². The fourth-order valence-corrected chi connectivity index (χ4v) is 4.88. The molecule has 154 valence electrons. The van der Waals surface area contributed by atoms with Gasteiger partial charge < -0.3 is 16.0 Å². The number of benzene rings is 1. The largest absolute Gasteiger partial charge is 0.349 e. The van der Waals surface area contributed by atoms with Crippen molar-refractivity contribution in [2.75, 3.05) is 18.4 Å². The van der Waals surface area contributed by atoms with Gasteiger partial charge >= 0.3 is 0 Å². The highest BCUT2D eigenvalue weighted by molar-refractivity contribution is 5.98. The van der Waals surface area contributed by atoms with E-state index in [0.717, 1.165) is 56.4 Å². The van der Waals surface area contributed by atoms with Crippen LogP contribution in [0.5, 0.6) is 0 Å². The van der Waals surface area contributed by atoms with Crippen LogP contribution in [-0.4, -0.2) is 30.9 Å². The van der Waals surface area contributed by atoms with Crippen LogP contribution in [0.25, 0.3) is 0 Å². The molecule has 1 saturated heterocycles. The number of piperidine rings is 1. The lowest BCUT2D eigenvalue weighted by atomic mass is 9.91. The highest BCUT2D eigenvalue weighted by Gasteiger charge is 2.57. The number of halogens is 1. The number of hydrogen-bond acceptors (Lipinski definition) is 3. The van der Waals surface area contributed by atoms with Gasteiger partial charge in [0, 0.05) is 23.2 Å². The number of anilines is 1. The van der Waals surface area contributed by atoms with Gasteiger partial charge in [-0.2, -0.15) is 0 Å². The van der Waals surface area contributed by atoms with Gasteiger partial charge in [-0.15, -0.1) is 12.4 Å². The Kier molecular flexibility index (Phi) is 6.66. The lowest BCUT2D eigenvalue weighted by Gasteiger charge is -2.23. The van der Waals surface area contributed by atoms with E-state index in [1.165, 1.54) is 19.3 Å². The Morgan fingerprint density at radius 1 is 1.11 bits per heavy atom. The van der Waals surface area contributed by atoms with Crippen molar-refractivity contribution in [3.63, 3.8) is 0 Å². The zero-order valence-corrected chi connectivity index (χ0v) is 17.5. The monoisotopic (exact) mass is 405 g/mol. The lowest BCUT2D eigenvalue weighted by molar-refractivity contribution is -0.118. The molecule has 0 aromatic heterocycles. The third kappa shape index (κ3) is 4.52. The molecule has 3 N–H and O–H groups in total. The summed E-state index contributed by atoms with van der Waals surface area (Å²) < 4.78 is 0. The van der Waals surface area contributed by atoms with Gasteiger partial charge in [0.05, 0.1) is 0 Å². The molecule has 1 aromatic carbocycles. The molecule has 3 aliphatic rings. The summed E-state index contributed by atoms with van der Waals surface area (Å²) >= 11 is 0. The number of rotatable bonds is 4. The summed E-state index contributed by atoms with van der Waals surface area (Å²) in [7, 11) is 0. The maximum absolute atomic E-state index is 12.7. The minimum Gasteiger partial charge on any atom is -0.349 e. The van der Waals surface area contributed by atoms with Gasteiger partial charge in [-0.25, -0.2) is 0 Å². The van der Waals surface area contributed by atoms with Crippen molar-refractivity contribution in [2.24, 2.45) is 11.3 Å². The van der Waals surface area contributed by atoms with Crippen LogP contribution in [0.15, 0.2) is 18.2 Å². The second-order valence-corrected chi connectivity index (χ2v) is 8.70. The standard InChI is InChI=1S/C22H31N3O2.ClH/c1-15-13-16(20(26)24-17-5-3-2-4-6-17)7-8-19(15)25-21(27)18-14-22(18)9-11-23-12-10-22;/h7-8,13,17-18,23H,2-6,9-12,14H2,1H3,(H,24,26)(H,25,27);1H. The van der Waals surface area contributed by atoms with Crippen LogP contribution in [0.3, 0.4) is 0 Å². The molecule has 5 nitrogen and oxygen atoms in total. The average Bonchev–Trinajstić information content (AvgIpc) is 3.37. The maximum atomic E-state index is 12.7. The highest BCUT2D eigenvalue weighted by atomic mass is 35.5. The fraction of sp³-hybridized carbons (Fsp3) is 0.636. The van der Waals surface area contributed by atoms with Crippen LogP contribution in [0.2, 0.25) is 0 Å². The fourth-order valence-electron chi connectivity index (χ4n) is 4.88. The van der Waals surface area contributed by atoms with E-state index in [9.17, 15) is 9.59 Å². The van der Waals surface area contributed by atoms with Gasteiger partial charge in [0.2, 0.25) is 5.91 Å². The van der Waals surface area contributed by atoms with Crippen LogP contribution in [-0.2, 0) is 4.79 Å². The van der Waals surface area contributed by atoms with Gasteiger partial charge in [0.25, 0.3) is 5.91 Å². The van der Waals surface area contributed by atoms with Crippen molar-refractivity contribution < 1.29 is 9.59 Å². The summed E-state index contributed by atoms with van der Waals surface area (Å²) in [6.45, 7) is 4.00. The Morgan fingerprint density at radius 2 is 1.82 bits per heavy atom. The molecule has 2 saturated carbocycles. The van der Waals surface area contributed by atoms with Gasteiger partial charge in [-0.05, 0) is 81.3 Å². The summed E-state index contributed by atoms with van der Waals surface area (Å²) in [5.41, 5.74) is 2.69. The molecular weight excluding hydrogens is 374 g/mol. The van der Waals surface area contributed by atoms with Crippen molar-refractivity contribution in [2.45, 2.75) is 64.3 Å². The summed E-state index contributed by atoms with van der Waals surface area (Å²) in [5.74, 6) is 0.284. The molecule has 0 bridgehead atoms. The van der Waals surface area contributed by atoms with E-state index in [4.69, 9.17) is 0 Å². The topological polar surface area (TPSA) is 70.2 Å². The SMILES string of the molecule is Cc1cc(C(=O)NC2CCCCC2)ccc1NC(=O)C1CC12CCNCC2.Cl. The number of nitrogens with one attached hydrogen (secondary N) is 3. The first-order chi connectivity index (χ1) is 13.1. The van der Waals surface area contributed by atoms with Crippen molar-refractivity contribution in [3.8, 4) is 0 Å². The smallest absolute Gasteiger partial charge is 0.251 e. The van der Waals surface area contributed by atoms with Crippen LogP contribution >= 0.6 is 12.4 Å². The third-order valence-corrected chi connectivity index (χ3v) is 6.79. The summed E-state index contributed by atoms with van der Waals surface area (Å²) in [6, 6.07) is 5.90. The number of amides is 2. The van der Waals surface area contributed by atoms with E-state index in [1.54, 1.807) is 0 Å². The molecule has 6 heteroatoms. The minimum atomic E-state index is -0.00118. The van der Waals surface area contributed by atoms with Gasteiger partial charge in [0.15, 0.2) is 0 Å².